The highest BCUT2D eigenvalue weighted by Crippen LogP contribution is 2.22. The molecule has 0 radical (unpaired) electrons. The van der Waals surface area contributed by atoms with Gasteiger partial charge in [-0.1, -0.05) is 22.9 Å². The SMILES string of the molecule is CCOC(=O)C(CC)Nc1cc(Br)ccc1C#N. The molecule has 1 unspecified atom stereocenters. The van der Waals surface area contributed by atoms with Crippen molar-refractivity contribution in [2.24, 2.45) is 0 Å². The first-order valence-corrected chi connectivity index (χ1v) is 6.54. The number of hydrogen-bond acceptors (Lipinski definition) is 4. The van der Waals surface area contributed by atoms with Crippen LogP contribution >= 0.6 is 15.9 Å². The van der Waals surface area contributed by atoms with E-state index in [1.54, 1.807) is 25.1 Å². The van der Waals surface area contributed by atoms with Gasteiger partial charge in [-0.05, 0) is 31.5 Å². The summed E-state index contributed by atoms with van der Waals surface area (Å²) in [5.74, 6) is -0.302. The molecule has 1 aromatic carbocycles. The van der Waals surface area contributed by atoms with Gasteiger partial charge in [0, 0.05) is 4.47 Å². The van der Waals surface area contributed by atoms with E-state index in [1.807, 2.05) is 6.92 Å². The molecule has 0 amide bonds. The summed E-state index contributed by atoms with van der Waals surface area (Å²) in [6, 6.07) is 6.91. The second kappa shape index (κ2) is 7.02. The minimum atomic E-state index is -0.439. The molecule has 0 aliphatic heterocycles. The molecule has 1 N–H and O–H groups in total. The molecule has 0 aliphatic rings. The number of ether oxygens (including phenoxy) is 1. The van der Waals surface area contributed by atoms with Crippen LogP contribution in [-0.4, -0.2) is 18.6 Å². The number of carbonyl (C=O) groups excluding carboxylic acids is 1. The maximum Gasteiger partial charge on any atom is 0.328 e. The zero-order valence-corrected chi connectivity index (χ0v) is 12.0. The molecule has 1 aromatic rings. The minimum Gasteiger partial charge on any atom is -0.464 e. The number of hydrogen-bond donors (Lipinski definition) is 1. The zero-order valence-electron chi connectivity index (χ0n) is 10.4. The molecule has 0 saturated heterocycles. The summed E-state index contributed by atoms with van der Waals surface area (Å²) in [7, 11) is 0. The van der Waals surface area contributed by atoms with E-state index in [2.05, 4.69) is 27.3 Å². The van der Waals surface area contributed by atoms with E-state index in [0.717, 1.165) is 4.47 Å². The first kappa shape index (κ1) is 14.5. The predicted octanol–water partition coefficient (Wildman–Crippen LogP) is 3.07. The van der Waals surface area contributed by atoms with Crippen molar-refractivity contribution in [2.45, 2.75) is 26.3 Å². The van der Waals surface area contributed by atoms with Crippen LogP contribution in [0.3, 0.4) is 0 Å². The number of esters is 1. The van der Waals surface area contributed by atoms with Crippen LogP contribution in [-0.2, 0) is 9.53 Å². The summed E-state index contributed by atoms with van der Waals surface area (Å²) in [6.07, 6.45) is 0.593. The monoisotopic (exact) mass is 310 g/mol. The van der Waals surface area contributed by atoms with Gasteiger partial charge in [0.2, 0.25) is 0 Å². The fraction of sp³-hybridized carbons (Fsp3) is 0.385. The topological polar surface area (TPSA) is 62.1 Å². The molecular weight excluding hydrogens is 296 g/mol. The van der Waals surface area contributed by atoms with Crippen molar-refractivity contribution in [3.05, 3.63) is 28.2 Å². The lowest BCUT2D eigenvalue weighted by atomic mass is 10.1. The standard InChI is InChI=1S/C13H15BrN2O2/c1-3-11(13(17)18-4-2)16-12-7-10(14)6-5-9(12)8-15/h5-7,11,16H,3-4H2,1-2H3. The zero-order chi connectivity index (χ0) is 13.5. The van der Waals surface area contributed by atoms with Gasteiger partial charge in [-0.3, -0.25) is 0 Å². The van der Waals surface area contributed by atoms with E-state index in [-0.39, 0.29) is 5.97 Å². The van der Waals surface area contributed by atoms with Crippen LogP contribution in [0.2, 0.25) is 0 Å². The van der Waals surface area contributed by atoms with Gasteiger partial charge in [0.15, 0.2) is 0 Å². The fourth-order valence-corrected chi connectivity index (χ4v) is 1.85. The molecule has 0 spiro atoms. The summed E-state index contributed by atoms with van der Waals surface area (Å²) in [5, 5.41) is 12.1. The lowest BCUT2D eigenvalue weighted by Gasteiger charge is -2.17. The summed E-state index contributed by atoms with van der Waals surface area (Å²) < 4.78 is 5.82. The third-order valence-electron chi connectivity index (χ3n) is 2.41. The van der Waals surface area contributed by atoms with Crippen molar-refractivity contribution in [1.82, 2.24) is 0 Å². The molecule has 0 aromatic heterocycles. The Balaban J connectivity index is 2.91. The highest BCUT2D eigenvalue weighted by atomic mass is 79.9. The van der Waals surface area contributed by atoms with Crippen molar-refractivity contribution < 1.29 is 9.53 Å². The Bertz CT molecular complexity index is 469. The Morgan fingerprint density at radius 2 is 2.28 bits per heavy atom. The highest BCUT2D eigenvalue weighted by molar-refractivity contribution is 9.10. The van der Waals surface area contributed by atoms with Gasteiger partial charge in [-0.25, -0.2) is 4.79 Å². The molecule has 18 heavy (non-hydrogen) atoms. The van der Waals surface area contributed by atoms with E-state index in [1.165, 1.54) is 0 Å². The van der Waals surface area contributed by atoms with Crippen molar-refractivity contribution in [1.29, 1.82) is 5.26 Å². The van der Waals surface area contributed by atoms with Crippen molar-refractivity contribution in [3.8, 4) is 6.07 Å². The van der Waals surface area contributed by atoms with E-state index >= 15 is 0 Å². The molecule has 0 aliphatic carbocycles. The van der Waals surface area contributed by atoms with Gasteiger partial charge in [0.1, 0.15) is 12.1 Å². The van der Waals surface area contributed by atoms with E-state index < -0.39 is 6.04 Å². The summed E-state index contributed by atoms with van der Waals surface area (Å²) >= 11 is 3.34. The van der Waals surface area contributed by atoms with Crippen molar-refractivity contribution in [2.75, 3.05) is 11.9 Å². The van der Waals surface area contributed by atoms with Gasteiger partial charge in [0.25, 0.3) is 0 Å². The highest BCUT2D eigenvalue weighted by Gasteiger charge is 2.18. The largest absolute Gasteiger partial charge is 0.464 e. The molecule has 0 bridgehead atoms. The Hall–Kier alpha value is -1.54. The molecule has 1 rings (SSSR count). The second-order valence-corrected chi connectivity index (χ2v) is 4.57. The fourth-order valence-electron chi connectivity index (χ4n) is 1.49. The molecule has 0 saturated carbocycles. The average molecular weight is 311 g/mol. The first-order valence-electron chi connectivity index (χ1n) is 5.75. The molecule has 0 heterocycles. The van der Waals surface area contributed by atoms with Gasteiger partial charge in [-0.15, -0.1) is 0 Å². The molecular formula is C13H15BrN2O2. The predicted molar refractivity (Wildman–Crippen MR) is 73.2 cm³/mol. The van der Waals surface area contributed by atoms with Gasteiger partial charge in [0.05, 0.1) is 17.9 Å². The quantitative estimate of drug-likeness (QED) is 0.849. The Labute approximate surface area is 115 Å². The van der Waals surface area contributed by atoms with Crippen LogP contribution in [0.4, 0.5) is 5.69 Å². The maximum absolute atomic E-state index is 11.7. The van der Waals surface area contributed by atoms with E-state index in [4.69, 9.17) is 10.00 Å². The average Bonchev–Trinajstić information content (AvgIpc) is 2.36. The normalized spacial score (nSPS) is 11.4. The Morgan fingerprint density at radius 1 is 1.56 bits per heavy atom. The first-order chi connectivity index (χ1) is 8.62. The Kier molecular flexibility index (Phi) is 5.66. The van der Waals surface area contributed by atoms with Crippen LogP contribution < -0.4 is 5.32 Å². The van der Waals surface area contributed by atoms with Gasteiger partial charge in [-0.2, -0.15) is 5.26 Å². The van der Waals surface area contributed by atoms with Gasteiger partial charge < -0.3 is 10.1 Å². The smallest absolute Gasteiger partial charge is 0.328 e. The number of nitriles is 1. The number of halogens is 1. The lowest BCUT2D eigenvalue weighted by molar-refractivity contribution is -0.144. The number of nitrogens with one attached hydrogen (secondary N) is 1. The third kappa shape index (κ3) is 3.74. The number of benzene rings is 1. The van der Waals surface area contributed by atoms with E-state index in [9.17, 15) is 4.79 Å². The van der Waals surface area contributed by atoms with E-state index in [0.29, 0.717) is 24.3 Å². The number of carbonyl (C=O) groups is 1. The molecule has 96 valence electrons. The minimum absolute atomic E-state index is 0.302. The van der Waals surface area contributed by atoms with Crippen LogP contribution in [0.25, 0.3) is 0 Å². The number of nitrogens with zero attached hydrogens (tertiary/aromatic N) is 1. The summed E-state index contributed by atoms with van der Waals surface area (Å²) in [4.78, 5) is 11.7. The molecule has 4 nitrogen and oxygen atoms in total. The molecule has 5 heteroatoms. The lowest BCUT2D eigenvalue weighted by Crippen LogP contribution is -2.31. The number of anilines is 1. The van der Waals surface area contributed by atoms with Crippen molar-refractivity contribution in [3.63, 3.8) is 0 Å². The van der Waals surface area contributed by atoms with Crippen LogP contribution in [0.5, 0.6) is 0 Å². The maximum atomic E-state index is 11.7. The van der Waals surface area contributed by atoms with Crippen LogP contribution in [0.1, 0.15) is 25.8 Å². The number of rotatable bonds is 5. The van der Waals surface area contributed by atoms with Crippen LogP contribution in [0, 0.1) is 11.3 Å². The summed E-state index contributed by atoms with van der Waals surface area (Å²) in [5.41, 5.74) is 1.13. The molecule has 0 fully saturated rings. The second-order valence-electron chi connectivity index (χ2n) is 3.66. The molecule has 1 atom stereocenters. The summed E-state index contributed by atoms with van der Waals surface area (Å²) in [6.45, 7) is 4.00. The third-order valence-corrected chi connectivity index (χ3v) is 2.90. The Morgan fingerprint density at radius 3 is 2.83 bits per heavy atom. The van der Waals surface area contributed by atoms with Crippen LogP contribution in [0.15, 0.2) is 22.7 Å². The van der Waals surface area contributed by atoms with Gasteiger partial charge >= 0.3 is 5.97 Å². The van der Waals surface area contributed by atoms with Crippen molar-refractivity contribution >= 4 is 27.6 Å².